The van der Waals surface area contributed by atoms with Crippen molar-refractivity contribution in [1.29, 1.82) is 0 Å². The molecular weight excluding hydrogens is 210 g/mol. The van der Waals surface area contributed by atoms with E-state index in [-0.39, 0.29) is 0 Å². The monoisotopic (exact) mass is 241 g/mol. The maximum absolute atomic E-state index is 5.62. The summed E-state index contributed by atoms with van der Waals surface area (Å²) in [6, 6.07) is 0.664. The van der Waals surface area contributed by atoms with Crippen LogP contribution in [0.3, 0.4) is 0 Å². The molecule has 3 unspecified atom stereocenters. The van der Waals surface area contributed by atoms with Gasteiger partial charge in [-0.15, -0.1) is 0 Å². The first-order valence-electron chi connectivity index (χ1n) is 7.56. The van der Waals surface area contributed by atoms with Crippen molar-refractivity contribution in [3.8, 4) is 0 Å². The molecule has 1 rings (SSSR count). The fourth-order valence-corrected chi connectivity index (χ4v) is 2.97. The van der Waals surface area contributed by atoms with Crippen molar-refractivity contribution < 1.29 is 4.74 Å². The number of unbranched alkanes of at least 4 members (excludes halogenated alkanes) is 1. The maximum Gasteiger partial charge on any atom is 0.0509 e. The van der Waals surface area contributed by atoms with E-state index in [0.717, 1.165) is 25.0 Å². The topological polar surface area (TPSA) is 21.3 Å². The van der Waals surface area contributed by atoms with Gasteiger partial charge in [0.1, 0.15) is 0 Å². The van der Waals surface area contributed by atoms with Crippen molar-refractivity contribution in [2.75, 3.05) is 20.3 Å². The molecule has 0 spiro atoms. The zero-order chi connectivity index (χ0) is 12.5. The zero-order valence-electron chi connectivity index (χ0n) is 12.0. The van der Waals surface area contributed by atoms with Gasteiger partial charge in [0.25, 0.3) is 0 Å². The summed E-state index contributed by atoms with van der Waals surface area (Å²) in [5.41, 5.74) is 0. The Morgan fingerprint density at radius 1 is 1.35 bits per heavy atom. The van der Waals surface area contributed by atoms with Gasteiger partial charge < -0.3 is 10.1 Å². The zero-order valence-corrected chi connectivity index (χ0v) is 12.0. The molecule has 0 bridgehead atoms. The molecule has 0 aromatic heterocycles. The predicted octanol–water partition coefficient (Wildman–Crippen LogP) is 3.61. The van der Waals surface area contributed by atoms with Gasteiger partial charge in [-0.3, -0.25) is 0 Å². The molecule has 1 N–H and O–H groups in total. The van der Waals surface area contributed by atoms with Crippen LogP contribution < -0.4 is 5.32 Å². The molecule has 2 heteroatoms. The Bertz CT molecular complexity index is 178. The van der Waals surface area contributed by atoms with Gasteiger partial charge in [0.05, 0.1) is 6.61 Å². The first-order chi connectivity index (χ1) is 8.31. The molecule has 1 fully saturated rings. The van der Waals surface area contributed by atoms with E-state index in [1.54, 1.807) is 0 Å². The first-order valence-corrected chi connectivity index (χ1v) is 7.56. The summed E-state index contributed by atoms with van der Waals surface area (Å²) in [5, 5.41) is 3.53. The average molecular weight is 241 g/mol. The highest BCUT2D eigenvalue weighted by Crippen LogP contribution is 2.25. The second kappa shape index (κ2) is 8.93. The average Bonchev–Trinajstić information content (AvgIpc) is 2.40. The molecule has 0 amide bonds. The number of nitrogens with one attached hydrogen (secondary N) is 1. The highest BCUT2D eigenvalue weighted by atomic mass is 16.5. The Balaban J connectivity index is 2.36. The molecule has 0 aromatic carbocycles. The third-order valence-electron chi connectivity index (χ3n) is 4.27. The fourth-order valence-electron chi connectivity index (χ4n) is 2.97. The van der Waals surface area contributed by atoms with Crippen LogP contribution in [0.25, 0.3) is 0 Å². The lowest BCUT2D eigenvalue weighted by Gasteiger charge is -2.32. The van der Waals surface area contributed by atoms with E-state index in [4.69, 9.17) is 4.74 Å². The standard InChI is InChI=1S/C15H31NO/c1-4-6-8-13(5-2)11-15(16-3)14-9-7-10-17-12-14/h13-16H,4-12H2,1-3H3. The van der Waals surface area contributed by atoms with Gasteiger partial charge >= 0.3 is 0 Å². The maximum atomic E-state index is 5.62. The van der Waals surface area contributed by atoms with E-state index >= 15 is 0 Å². The Labute approximate surface area is 108 Å². The lowest BCUT2D eigenvalue weighted by atomic mass is 9.84. The first kappa shape index (κ1) is 15.0. The molecular formula is C15H31NO. The molecule has 0 aromatic rings. The number of rotatable bonds is 8. The van der Waals surface area contributed by atoms with E-state index in [1.807, 2.05) is 0 Å². The van der Waals surface area contributed by atoms with E-state index in [1.165, 1.54) is 44.9 Å². The molecule has 17 heavy (non-hydrogen) atoms. The van der Waals surface area contributed by atoms with Gasteiger partial charge in [-0.2, -0.15) is 0 Å². The summed E-state index contributed by atoms with van der Waals surface area (Å²) in [6.07, 6.45) is 9.36. The Hall–Kier alpha value is -0.0800. The van der Waals surface area contributed by atoms with Crippen molar-refractivity contribution in [2.24, 2.45) is 11.8 Å². The Morgan fingerprint density at radius 3 is 2.71 bits per heavy atom. The number of hydrogen-bond acceptors (Lipinski definition) is 2. The van der Waals surface area contributed by atoms with E-state index < -0.39 is 0 Å². The van der Waals surface area contributed by atoms with Crippen LogP contribution in [-0.2, 0) is 4.74 Å². The van der Waals surface area contributed by atoms with Crippen molar-refractivity contribution in [3.63, 3.8) is 0 Å². The van der Waals surface area contributed by atoms with E-state index in [0.29, 0.717) is 6.04 Å². The van der Waals surface area contributed by atoms with Crippen LogP contribution in [0.2, 0.25) is 0 Å². The van der Waals surface area contributed by atoms with Crippen molar-refractivity contribution in [3.05, 3.63) is 0 Å². The molecule has 0 radical (unpaired) electrons. The largest absolute Gasteiger partial charge is 0.381 e. The summed E-state index contributed by atoms with van der Waals surface area (Å²) in [6.45, 7) is 6.57. The number of ether oxygens (including phenoxy) is 1. The van der Waals surface area contributed by atoms with Gasteiger partial charge in [-0.1, -0.05) is 39.5 Å². The molecule has 1 aliphatic rings. The van der Waals surface area contributed by atoms with Gasteiger partial charge in [0, 0.05) is 12.6 Å². The van der Waals surface area contributed by atoms with Gasteiger partial charge in [-0.05, 0) is 38.1 Å². The second-order valence-corrected chi connectivity index (χ2v) is 5.52. The molecule has 1 aliphatic heterocycles. The molecule has 1 heterocycles. The highest BCUT2D eigenvalue weighted by molar-refractivity contribution is 4.79. The summed E-state index contributed by atoms with van der Waals surface area (Å²) in [5.74, 6) is 1.64. The normalized spacial score (nSPS) is 24.5. The van der Waals surface area contributed by atoms with E-state index in [9.17, 15) is 0 Å². The summed E-state index contributed by atoms with van der Waals surface area (Å²) < 4.78 is 5.62. The van der Waals surface area contributed by atoms with Gasteiger partial charge in [-0.25, -0.2) is 0 Å². The molecule has 1 saturated heterocycles. The van der Waals surface area contributed by atoms with Crippen LogP contribution in [0.1, 0.15) is 58.8 Å². The molecule has 3 atom stereocenters. The highest BCUT2D eigenvalue weighted by Gasteiger charge is 2.24. The van der Waals surface area contributed by atoms with Crippen LogP contribution in [0.5, 0.6) is 0 Å². The van der Waals surface area contributed by atoms with Crippen molar-refractivity contribution in [1.82, 2.24) is 5.32 Å². The second-order valence-electron chi connectivity index (χ2n) is 5.52. The van der Waals surface area contributed by atoms with Gasteiger partial charge in [0.2, 0.25) is 0 Å². The Morgan fingerprint density at radius 2 is 2.18 bits per heavy atom. The Kier molecular flexibility index (Phi) is 7.87. The van der Waals surface area contributed by atoms with Crippen molar-refractivity contribution >= 4 is 0 Å². The SMILES string of the molecule is CCCCC(CC)CC(NC)C1CCCOC1. The van der Waals surface area contributed by atoms with Crippen LogP contribution in [0.15, 0.2) is 0 Å². The quantitative estimate of drug-likeness (QED) is 0.701. The minimum Gasteiger partial charge on any atom is -0.381 e. The lowest BCUT2D eigenvalue weighted by molar-refractivity contribution is 0.0360. The smallest absolute Gasteiger partial charge is 0.0509 e. The minimum atomic E-state index is 0.664. The minimum absolute atomic E-state index is 0.664. The lowest BCUT2D eigenvalue weighted by Crippen LogP contribution is -2.39. The fraction of sp³-hybridized carbons (Fsp3) is 1.00. The molecule has 2 nitrogen and oxygen atoms in total. The van der Waals surface area contributed by atoms with Crippen LogP contribution in [-0.4, -0.2) is 26.3 Å². The molecule has 0 aliphatic carbocycles. The predicted molar refractivity (Wildman–Crippen MR) is 74.3 cm³/mol. The summed E-state index contributed by atoms with van der Waals surface area (Å²) in [4.78, 5) is 0. The van der Waals surface area contributed by atoms with Crippen molar-refractivity contribution in [2.45, 2.75) is 64.8 Å². The van der Waals surface area contributed by atoms with E-state index in [2.05, 4.69) is 26.2 Å². The number of hydrogen-bond donors (Lipinski definition) is 1. The molecule has 0 saturated carbocycles. The molecule has 102 valence electrons. The van der Waals surface area contributed by atoms with Crippen LogP contribution in [0.4, 0.5) is 0 Å². The third kappa shape index (κ3) is 5.39. The summed E-state index contributed by atoms with van der Waals surface area (Å²) >= 11 is 0. The third-order valence-corrected chi connectivity index (χ3v) is 4.27. The summed E-state index contributed by atoms with van der Waals surface area (Å²) in [7, 11) is 2.12. The van der Waals surface area contributed by atoms with Gasteiger partial charge in [0.15, 0.2) is 0 Å². The van der Waals surface area contributed by atoms with Crippen LogP contribution in [0, 0.1) is 11.8 Å². The van der Waals surface area contributed by atoms with Crippen LogP contribution >= 0.6 is 0 Å².